The Morgan fingerprint density at radius 3 is 2.18 bits per heavy atom. The summed E-state index contributed by atoms with van der Waals surface area (Å²) in [6.45, 7) is 0. The van der Waals surface area contributed by atoms with E-state index in [9.17, 15) is 5.11 Å². The highest BCUT2D eigenvalue weighted by Gasteiger charge is 2.19. The molecule has 0 aliphatic carbocycles. The molecule has 0 saturated carbocycles. The van der Waals surface area contributed by atoms with E-state index in [1.807, 2.05) is 47.0 Å². The van der Waals surface area contributed by atoms with Gasteiger partial charge in [0.25, 0.3) is 0 Å². The highest BCUT2D eigenvalue weighted by molar-refractivity contribution is 5.84. The van der Waals surface area contributed by atoms with E-state index in [2.05, 4.69) is 0 Å². The number of hydrogen-bond donors (Lipinski definition) is 1. The van der Waals surface area contributed by atoms with Gasteiger partial charge in [-0.2, -0.15) is 0 Å². The Morgan fingerprint density at radius 1 is 0.821 bits per heavy atom. The fourth-order valence-corrected chi connectivity index (χ4v) is 3.32. The molecule has 0 spiro atoms. The summed E-state index contributed by atoms with van der Waals surface area (Å²) in [4.78, 5) is 4.79. The second-order valence-electron chi connectivity index (χ2n) is 6.19. The summed E-state index contributed by atoms with van der Waals surface area (Å²) >= 11 is 0. The van der Waals surface area contributed by atoms with E-state index in [1.165, 1.54) is 0 Å². The molecule has 4 aromatic rings. The zero-order valence-electron chi connectivity index (χ0n) is 15.8. The van der Waals surface area contributed by atoms with Crippen molar-refractivity contribution in [1.29, 1.82) is 0 Å². The number of fused-ring (bicyclic) bond motifs is 1. The number of ether oxygens (including phenoxy) is 3. The lowest BCUT2D eigenvalue weighted by molar-refractivity contribution is 0.324. The number of aromatic nitrogens is 2. The average Bonchev–Trinajstić information content (AvgIpc) is 3.12. The van der Waals surface area contributed by atoms with Gasteiger partial charge in [0.2, 0.25) is 5.75 Å². The number of benzene rings is 3. The van der Waals surface area contributed by atoms with Gasteiger partial charge in [-0.05, 0) is 24.3 Å². The van der Waals surface area contributed by atoms with Crippen LogP contribution in [0.3, 0.4) is 0 Å². The van der Waals surface area contributed by atoms with Gasteiger partial charge in [0.05, 0.1) is 38.1 Å². The molecule has 4 rings (SSSR count). The molecule has 0 radical (unpaired) electrons. The van der Waals surface area contributed by atoms with Crippen LogP contribution in [0.2, 0.25) is 0 Å². The SMILES string of the molecule is COc1cc(-n2c(-c3cccc(O)c3)nc3ccccc32)cc(OC)c1OC. The number of aromatic hydroxyl groups is 1. The topological polar surface area (TPSA) is 65.7 Å². The summed E-state index contributed by atoms with van der Waals surface area (Å²) in [6.07, 6.45) is 0. The van der Waals surface area contributed by atoms with Crippen LogP contribution in [0.1, 0.15) is 0 Å². The molecular formula is C22H20N2O4. The lowest BCUT2D eigenvalue weighted by Gasteiger charge is -2.16. The molecule has 6 heteroatoms. The Bertz CT molecular complexity index is 1130. The number of hydrogen-bond acceptors (Lipinski definition) is 5. The monoisotopic (exact) mass is 376 g/mol. The van der Waals surface area contributed by atoms with Crippen molar-refractivity contribution < 1.29 is 19.3 Å². The maximum absolute atomic E-state index is 9.95. The van der Waals surface area contributed by atoms with Crippen molar-refractivity contribution in [3.8, 4) is 40.1 Å². The van der Waals surface area contributed by atoms with Crippen LogP contribution in [-0.4, -0.2) is 36.0 Å². The number of para-hydroxylation sites is 2. The van der Waals surface area contributed by atoms with E-state index in [-0.39, 0.29) is 5.75 Å². The molecule has 28 heavy (non-hydrogen) atoms. The molecule has 6 nitrogen and oxygen atoms in total. The fourth-order valence-electron chi connectivity index (χ4n) is 3.32. The Labute approximate surface area is 162 Å². The van der Waals surface area contributed by atoms with Crippen LogP contribution >= 0.6 is 0 Å². The maximum Gasteiger partial charge on any atom is 0.203 e. The van der Waals surface area contributed by atoms with Crippen LogP contribution in [0.25, 0.3) is 28.1 Å². The number of phenols is 1. The molecule has 0 bridgehead atoms. The second-order valence-corrected chi connectivity index (χ2v) is 6.19. The highest BCUT2D eigenvalue weighted by Crippen LogP contribution is 2.41. The predicted octanol–water partition coefficient (Wildman–Crippen LogP) is 4.42. The average molecular weight is 376 g/mol. The van der Waals surface area contributed by atoms with Gasteiger partial charge >= 0.3 is 0 Å². The molecule has 0 atom stereocenters. The van der Waals surface area contributed by atoms with Crippen molar-refractivity contribution in [3.63, 3.8) is 0 Å². The van der Waals surface area contributed by atoms with Gasteiger partial charge in [0.15, 0.2) is 11.5 Å². The van der Waals surface area contributed by atoms with E-state index in [0.717, 1.165) is 22.3 Å². The third-order valence-electron chi connectivity index (χ3n) is 4.57. The second kappa shape index (κ2) is 7.15. The largest absolute Gasteiger partial charge is 0.508 e. The molecule has 0 aliphatic rings. The predicted molar refractivity (Wildman–Crippen MR) is 108 cm³/mol. The Kier molecular flexibility index (Phi) is 4.53. The highest BCUT2D eigenvalue weighted by atomic mass is 16.5. The Balaban J connectivity index is 2.05. The quantitative estimate of drug-likeness (QED) is 0.558. The van der Waals surface area contributed by atoms with Crippen molar-refractivity contribution in [2.75, 3.05) is 21.3 Å². The lowest BCUT2D eigenvalue weighted by atomic mass is 10.2. The van der Waals surface area contributed by atoms with E-state index in [4.69, 9.17) is 19.2 Å². The number of phenolic OH excluding ortho intramolecular Hbond substituents is 1. The number of nitrogens with zero attached hydrogens (tertiary/aromatic N) is 2. The lowest BCUT2D eigenvalue weighted by Crippen LogP contribution is -2.01. The van der Waals surface area contributed by atoms with Gasteiger partial charge < -0.3 is 19.3 Å². The van der Waals surface area contributed by atoms with Crippen molar-refractivity contribution in [2.45, 2.75) is 0 Å². The molecule has 0 unspecified atom stereocenters. The summed E-state index contributed by atoms with van der Waals surface area (Å²) in [5.74, 6) is 2.51. The van der Waals surface area contributed by atoms with Crippen molar-refractivity contribution in [1.82, 2.24) is 9.55 Å². The number of imidazole rings is 1. The van der Waals surface area contributed by atoms with Crippen LogP contribution in [0, 0.1) is 0 Å². The molecule has 1 heterocycles. The van der Waals surface area contributed by atoms with Crippen molar-refractivity contribution in [3.05, 3.63) is 60.7 Å². The Morgan fingerprint density at radius 2 is 1.54 bits per heavy atom. The molecule has 0 amide bonds. The van der Waals surface area contributed by atoms with Crippen LogP contribution in [0.4, 0.5) is 0 Å². The number of methoxy groups -OCH3 is 3. The van der Waals surface area contributed by atoms with Crippen LogP contribution in [0.15, 0.2) is 60.7 Å². The first kappa shape index (κ1) is 17.7. The first-order valence-electron chi connectivity index (χ1n) is 8.73. The minimum absolute atomic E-state index is 0.181. The molecule has 0 fully saturated rings. The minimum Gasteiger partial charge on any atom is -0.508 e. The summed E-state index contributed by atoms with van der Waals surface area (Å²) in [7, 11) is 4.75. The van der Waals surface area contributed by atoms with Gasteiger partial charge in [-0.3, -0.25) is 4.57 Å². The molecule has 1 N–H and O–H groups in total. The normalized spacial score (nSPS) is 10.8. The third kappa shape index (κ3) is 2.89. The van der Waals surface area contributed by atoms with E-state index < -0.39 is 0 Å². The van der Waals surface area contributed by atoms with Crippen LogP contribution in [0.5, 0.6) is 23.0 Å². The summed E-state index contributed by atoms with van der Waals surface area (Å²) in [5, 5.41) is 9.95. The van der Waals surface area contributed by atoms with Crippen molar-refractivity contribution >= 4 is 11.0 Å². The summed E-state index contributed by atoms with van der Waals surface area (Å²) in [6, 6.07) is 18.6. The van der Waals surface area contributed by atoms with Crippen molar-refractivity contribution in [2.24, 2.45) is 0 Å². The Hall–Kier alpha value is -3.67. The summed E-state index contributed by atoms with van der Waals surface area (Å²) < 4.78 is 18.5. The fraction of sp³-hybridized carbons (Fsp3) is 0.136. The van der Waals surface area contributed by atoms with E-state index >= 15 is 0 Å². The smallest absolute Gasteiger partial charge is 0.203 e. The number of rotatable bonds is 5. The van der Waals surface area contributed by atoms with Gasteiger partial charge in [0, 0.05) is 17.7 Å². The van der Waals surface area contributed by atoms with Crippen LogP contribution in [-0.2, 0) is 0 Å². The van der Waals surface area contributed by atoms with Gasteiger partial charge in [0.1, 0.15) is 11.6 Å². The van der Waals surface area contributed by atoms with Gasteiger partial charge in [-0.15, -0.1) is 0 Å². The van der Waals surface area contributed by atoms with Crippen LogP contribution < -0.4 is 14.2 Å². The molecule has 1 aromatic heterocycles. The maximum atomic E-state index is 9.95. The summed E-state index contributed by atoms with van der Waals surface area (Å²) in [5.41, 5.74) is 3.37. The first-order chi connectivity index (χ1) is 13.7. The zero-order valence-corrected chi connectivity index (χ0v) is 15.8. The molecule has 142 valence electrons. The first-order valence-corrected chi connectivity index (χ1v) is 8.73. The van der Waals surface area contributed by atoms with Gasteiger partial charge in [-0.25, -0.2) is 4.98 Å². The molecular weight excluding hydrogens is 356 g/mol. The minimum atomic E-state index is 0.181. The zero-order chi connectivity index (χ0) is 19.7. The van der Waals surface area contributed by atoms with E-state index in [1.54, 1.807) is 39.5 Å². The molecule has 0 saturated heterocycles. The molecule has 3 aromatic carbocycles. The third-order valence-corrected chi connectivity index (χ3v) is 4.57. The standard InChI is InChI=1S/C22H20N2O4/c1-26-19-12-15(13-20(27-2)21(19)28-3)24-18-10-5-4-9-17(18)23-22(24)14-7-6-8-16(25)11-14/h4-13,25H,1-3H3. The van der Waals surface area contributed by atoms with Gasteiger partial charge in [-0.1, -0.05) is 24.3 Å². The molecule has 0 aliphatic heterocycles. The van der Waals surface area contributed by atoms with E-state index in [0.29, 0.717) is 23.1 Å².